The summed E-state index contributed by atoms with van der Waals surface area (Å²) < 4.78 is 36.0. The Morgan fingerprint density at radius 2 is 1.11 bits per heavy atom. The molecule has 3 saturated heterocycles. The summed E-state index contributed by atoms with van der Waals surface area (Å²) in [5.74, 6) is -1.49. The molecule has 0 bridgehead atoms. The Balaban J connectivity index is 1.40. The number of aliphatic hydroxyl groups is 9. The Kier molecular flexibility index (Phi) is 18.0. The van der Waals surface area contributed by atoms with Crippen LogP contribution in [0.25, 0.3) is 0 Å². The standard InChI is InChI=1S/C47H76O16/c1-21(2)14-16-32(61-45-42(56)39(53)43(28(10)60-45)63-46-41(55)38(52)35(49)27(9)59-46)23(5)18-19-47(57)25(7)29-12-11-13-30(29)36(50)31(47)20-24(6)33(17-15-22(3)4)62-44-40(54)37(51)34(48)26(8)58-44/h14-15,18,20,25-35,37-46,48-49,51-57H,11-13,16-17,19H2,1-10H3/b23-18+,24-20+/t25-,26+,27+,28+,29-,30-,31-,32+,33+,34+,35+,37-,38-,39+,40+,41+,42+,43+,44-,45-,46-,47+/m1/s1. The number of hydrogen-bond acceptors (Lipinski definition) is 16. The average Bonchev–Trinajstić information content (AvgIpc) is 3.73. The van der Waals surface area contributed by atoms with E-state index in [4.69, 9.17) is 28.4 Å². The van der Waals surface area contributed by atoms with E-state index in [-0.39, 0.29) is 30.0 Å². The van der Waals surface area contributed by atoms with Gasteiger partial charge in [-0.25, -0.2) is 0 Å². The SMILES string of the molecule is CC(C)=CC[C@H](O[C@H]1O[C@@H](C)[C@H](O)[C@@H](O)[C@@H]1O)/C(C)=C/[C@@H]1C(=O)[C@@H]2CCC[C@@H]2[C@@H](C)[C@@]1(O)C/C=C(\C)[C@H](CC=C(C)C)O[C@H]1O[C@@H](C)[C@H](O[C@H]2O[C@@H](C)[C@H](O)[C@@H](O)[C@@H]2O)[C@@H](O)[C@@H]1O. The third-order valence-corrected chi connectivity index (χ3v) is 14.2. The monoisotopic (exact) mass is 897 g/mol. The van der Waals surface area contributed by atoms with Gasteiger partial charge in [0.1, 0.15) is 60.7 Å². The zero-order chi connectivity index (χ0) is 46.8. The average molecular weight is 897 g/mol. The molecular formula is C47H76O16. The molecule has 2 saturated carbocycles. The number of carbonyl (C=O) groups is 1. The predicted molar refractivity (Wildman–Crippen MR) is 229 cm³/mol. The van der Waals surface area contributed by atoms with Crippen LogP contribution in [0.5, 0.6) is 0 Å². The smallest absolute Gasteiger partial charge is 0.187 e. The van der Waals surface area contributed by atoms with Crippen LogP contribution in [-0.2, 0) is 33.2 Å². The number of ether oxygens (including phenoxy) is 6. The molecule has 5 rings (SSSR count). The second-order valence-corrected chi connectivity index (χ2v) is 19.4. The summed E-state index contributed by atoms with van der Waals surface area (Å²) >= 11 is 0. The first-order valence-electron chi connectivity index (χ1n) is 22.7. The topological polar surface area (TPSA) is 255 Å². The number of carbonyl (C=O) groups excluding carboxylic acids is 1. The molecule has 0 spiro atoms. The van der Waals surface area contributed by atoms with Gasteiger partial charge in [0.2, 0.25) is 0 Å². The fraction of sp³-hybridized carbons (Fsp3) is 0.809. The highest BCUT2D eigenvalue weighted by molar-refractivity contribution is 5.88. The van der Waals surface area contributed by atoms with Crippen molar-refractivity contribution in [1.29, 1.82) is 0 Å². The first-order chi connectivity index (χ1) is 29.5. The number of hydrogen-bond donors (Lipinski definition) is 9. The molecule has 3 heterocycles. The molecule has 63 heavy (non-hydrogen) atoms. The predicted octanol–water partition coefficient (Wildman–Crippen LogP) is 2.24. The maximum Gasteiger partial charge on any atom is 0.187 e. The van der Waals surface area contributed by atoms with Gasteiger partial charge in [-0.3, -0.25) is 4.79 Å². The number of rotatable bonds is 15. The lowest BCUT2D eigenvalue weighted by Gasteiger charge is -2.48. The van der Waals surface area contributed by atoms with Crippen LogP contribution in [0, 0.1) is 23.7 Å². The first kappa shape index (κ1) is 52.0. The Labute approximate surface area is 372 Å². The van der Waals surface area contributed by atoms with Gasteiger partial charge in [0.25, 0.3) is 0 Å². The van der Waals surface area contributed by atoms with Crippen molar-refractivity contribution < 1.29 is 79.2 Å². The van der Waals surface area contributed by atoms with Crippen LogP contribution < -0.4 is 0 Å². The molecule has 9 N–H and O–H groups in total. The second-order valence-electron chi connectivity index (χ2n) is 19.4. The molecule has 22 atom stereocenters. The summed E-state index contributed by atoms with van der Waals surface area (Å²) in [4.78, 5) is 14.5. The maximum atomic E-state index is 14.5. The molecule has 5 aliphatic rings. The van der Waals surface area contributed by atoms with Crippen molar-refractivity contribution in [2.45, 2.75) is 218 Å². The van der Waals surface area contributed by atoms with E-state index in [2.05, 4.69) is 0 Å². The fourth-order valence-corrected chi connectivity index (χ4v) is 9.86. The molecule has 360 valence electrons. The van der Waals surface area contributed by atoms with E-state index in [9.17, 15) is 50.8 Å². The van der Waals surface area contributed by atoms with Gasteiger partial charge in [-0.2, -0.15) is 0 Å². The van der Waals surface area contributed by atoms with Crippen molar-refractivity contribution in [1.82, 2.24) is 0 Å². The molecule has 5 fully saturated rings. The Morgan fingerprint density at radius 1 is 0.635 bits per heavy atom. The minimum atomic E-state index is -1.63. The zero-order valence-electron chi connectivity index (χ0n) is 38.6. The largest absolute Gasteiger partial charge is 0.388 e. The van der Waals surface area contributed by atoms with E-state index >= 15 is 0 Å². The van der Waals surface area contributed by atoms with E-state index in [0.29, 0.717) is 24.0 Å². The van der Waals surface area contributed by atoms with E-state index in [1.54, 1.807) is 19.9 Å². The van der Waals surface area contributed by atoms with E-state index in [1.165, 1.54) is 6.92 Å². The normalized spacial score (nSPS) is 44.7. The van der Waals surface area contributed by atoms with Gasteiger partial charge >= 0.3 is 0 Å². The zero-order valence-corrected chi connectivity index (χ0v) is 38.6. The summed E-state index contributed by atoms with van der Waals surface area (Å²) in [5.41, 5.74) is 1.80. The highest BCUT2D eigenvalue weighted by atomic mass is 16.7. The number of aliphatic hydroxyl groups excluding tert-OH is 8. The van der Waals surface area contributed by atoms with Crippen LogP contribution in [0.2, 0.25) is 0 Å². The van der Waals surface area contributed by atoms with Crippen molar-refractivity contribution >= 4 is 5.78 Å². The number of ketones is 1. The second kappa shape index (κ2) is 21.8. The third-order valence-electron chi connectivity index (χ3n) is 14.2. The van der Waals surface area contributed by atoms with Crippen molar-refractivity contribution in [3.8, 4) is 0 Å². The van der Waals surface area contributed by atoms with Gasteiger partial charge in [0, 0.05) is 5.92 Å². The van der Waals surface area contributed by atoms with Gasteiger partial charge < -0.3 is 74.4 Å². The summed E-state index contributed by atoms with van der Waals surface area (Å²) in [6, 6.07) is 0. The van der Waals surface area contributed by atoms with Gasteiger partial charge in [-0.15, -0.1) is 0 Å². The molecule has 3 aliphatic heterocycles. The Morgan fingerprint density at radius 3 is 1.65 bits per heavy atom. The van der Waals surface area contributed by atoms with Crippen molar-refractivity contribution in [3.63, 3.8) is 0 Å². The lowest BCUT2D eigenvalue weighted by atomic mass is 9.58. The van der Waals surface area contributed by atoms with E-state index in [1.807, 2.05) is 66.7 Å². The first-order valence-corrected chi connectivity index (χ1v) is 22.7. The lowest BCUT2D eigenvalue weighted by Crippen LogP contribution is -2.63. The summed E-state index contributed by atoms with van der Waals surface area (Å²) in [6.07, 6.45) is -10.5. The fourth-order valence-electron chi connectivity index (χ4n) is 9.86. The molecule has 0 aromatic rings. The maximum absolute atomic E-state index is 14.5. The van der Waals surface area contributed by atoms with Crippen molar-refractivity contribution in [2.75, 3.05) is 0 Å². The van der Waals surface area contributed by atoms with Crippen LogP contribution in [0.3, 0.4) is 0 Å². The van der Waals surface area contributed by atoms with Crippen molar-refractivity contribution in [2.24, 2.45) is 23.7 Å². The van der Waals surface area contributed by atoms with Gasteiger partial charge in [-0.05, 0) is 117 Å². The van der Waals surface area contributed by atoms with Gasteiger partial charge in [0.15, 0.2) is 18.9 Å². The van der Waals surface area contributed by atoms with Crippen LogP contribution in [0.15, 0.2) is 46.6 Å². The van der Waals surface area contributed by atoms with Crippen LogP contribution >= 0.6 is 0 Å². The molecular weight excluding hydrogens is 821 g/mol. The number of Topliss-reactive ketones (excluding diaryl/α,β-unsaturated/α-hetero) is 1. The molecule has 0 amide bonds. The summed E-state index contributed by atoms with van der Waals surface area (Å²) in [6.45, 7) is 18.1. The molecule has 16 nitrogen and oxygen atoms in total. The summed E-state index contributed by atoms with van der Waals surface area (Å²) in [5, 5.41) is 98.1. The molecule has 2 aliphatic carbocycles. The van der Waals surface area contributed by atoms with Crippen LogP contribution in [-0.4, -0.2) is 162 Å². The molecule has 0 unspecified atom stereocenters. The number of fused-ring (bicyclic) bond motifs is 1. The van der Waals surface area contributed by atoms with Gasteiger partial charge in [0.05, 0.1) is 42.0 Å². The lowest BCUT2D eigenvalue weighted by molar-refractivity contribution is -0.354. The molecule has 0 radical (unpaired) electrons. The molecule has 0 aromatic carbocycles. The van der Waals surface area contributed by atoms with E-state index < -0.39 is 116 Å². The summed E-state index contributed by atoms with van der Waals surface area (Å²) in [7, 11) is 0. The third kappa shape index (κ3) is 11.6. The van der Waals surface area contributed by atoms with Crippen LogP contribution in [0.4, 0.5) is 0 Å². The highest BCUT2D eigenvalue weighted by Gasteiger charge is 2.57. The Bertz CT molecular complexity index is 1660. The van der Waals surface area contributed by atoms with Crippen LogP contribution in [0.1, 0.15) is 108 Å². The highest BCUT2D eigenvalue weighted by Crippen LogP contribution is 2.52. The Hall–Kier alpha value is -1.97. The number of allylic oxidation sites excluding steroid dienone is 2. The quantitative estimate of drug-likeness (QED) is 0.107. The minimum absolute atomic E-state index is 0.0163. The minimum Gasteiger partial charge on any atom is -0.388 e. The molecule has 0 aromatic heterocycles. The van der Waals surface area contributed by atoms with Gasteiger partial charge in [-0.1, -0.05) is 48.8 Å². The van der Waals surface area contributed by atoms with Crippen molar-refractivity contribution in [3.05, 3.63) is 46.6 Å². The molecule has 16 heteroatoms. The van der Waals surface area contributed by atoms with E-state index in [0.717, 1.165) is 30.4 Å².